The SMILES string of the molecule is O=C1CC(S(=O)(=O)[O-])C(=O)O1.[Li+]. The van der Waals surface area contributed by atoms with Gasteiger partial charge in [0.05, 0.1) is 6.42 Å². The zero-order valence-corrected chi connectivity index (χ0v) is 6.96. The number of rotatable bonds is 1. The Morgan fingerprint density at radius 1 is 1.42 bits per heavy atom. The molecule has 0 amide bonds. The molecule has 1 aliphatic rings. The minimum Gasteiger partial charge on any atom is -0.747 e. The van der Waals surface area contributed by atoms with Crippen molar-refractivity contribution in [1.29, 1.82) is 0 Å². The molecule has 1 saturated heterocycles. The molecule has 0 aliphatic carbocycles. The molecule has 62 valence electrons. The van der Waals surface area contributed by atoms with Crippen LogP contribution in [0.25, 0.3) is 0 Å². The summed E-state index contributed by atoms with van der Waals surface area (Å²) < 4.78 is 34.4. The Balaban J connectivity index is 0.00000121. The van der Waals surface area contributed by atoms with Crippen molar-refractivity contribution < 1.29 is 46.2 Å². The van der Waals surface area contributed by atoms with E-state index >= 15 is 0 Å². The van der Waals surface area contributed by atoms with E-state index in [1.807, 2.05) is 0 Å². The third-order valence-corrected chi connectivity index (χ3v) is 2.23. The maximum atomic E-state index is 10.4. The molecule has 8 heteroatoms. The van der Waals surface area contributed by atoms with Gasteiger partial charge in [-0.3, -0.25) is 9.59 Å². The third kappa shape index (κ3) is 2.32. The molecule has 0 aromatic carbocycles. The molecular weight excluding hydrogens is 183 g/mol. The van der Waals surface area contributed by atoms with Gasteiger partial charge in [0.25, 0.3) is 0 Å². The number of esters is 2. The van der Waals surface area contributed by atoms with Crippen molar-refractivity contribution in [2.24, 2.45) is 0 Å². The van der Waals surface area contributed by atoms with Crippen LogP contribution in [0.4, 0.5) is 0 Å². The van der Waals surface area contributed by atoms with Crippen LogP contribution < -0.4 is 18.9 Å². The van der Waals surface area contributed by atoms with E-state index in [2.05, 4.69) is 4.74 Å². The van der Waals surface area contributed by atoms with Gasteiger partial charge in [-0.05, 0) is 0 Å². The zero-order valence-electron chi connectivity index (χ0n) is 6.14. The number of hydrogen-bond donors (Lipinski definition) is 0. The number of carbonyl (C=O) groups is 2. The van der Waals surface area contributed by atoms with E-state index in [4.69, 9.17) is 0 Å². The first-order valence-corrected chi connectivity index (χ1v) is 4.07. The predicted molar refractivity (Wildman–Crippen MR) is 29.2 cm³/mol. The molecule has 0 bridgehead atoms. The van der Waals surface area contributed by atoms with Crippen molar-refractivity contribution >= 4 is 22.1 Å². The summed E-state index contributed by atoms with van der Waals surface area (Å²) in [5.41, 5.74) is 0. The summed E-state index contributed by atoms with van der Waals surface area (Å²) in [6.07, 6.45) is -0.662. The Labute approximate surface area is 80.2 Å². The van der Waals surface area contributed by atoms with Gasteiger partial charge in [0.2, 0.25) is 0 Å². The molecule has 1 aliphatic heterocycles. The molecular formula is C4H3LiO6S. The Kier molecular flexibility index (Phi) is 3.47. The third-order valence-electron chi connectivity index (χ3n) is 1.18. The van der Waals surface area contributed by atoms with E-state index in [1.54, 1.807) is 0 Å². The van der Waals surface area contributed by atoms with Gasteiger partial charge in [-0.25, -0.2) is 8.42 Å². The number of cyclic esters (lactones) is 2. The van der Waals surface area contributed by atoms with Crippen LogP contribution in [-0.2, 0) is 24.4 Å². The zero-order chi connectivity index (χ0) is 8.65. The van der Waals surface area contributed by atoms with Gasteiger partial charge < -0.3 is 9.29 Å². The summed E-state index contributed by atoms with van der Waals surface area (Å²) in [7, 11) is -4.73. The molecule has 1 fully saturated rings. The van der Waals surface area contributed by atoms with E-state index in [1.165, 1.54) is 0 Å². The van der Waals surface area contributed by atoms with E-state index in [-0.39, 0.29) is 18.9 Å². The largest absolute Gasteiger partial charge is 1.00 e. The molecule has 1 rings (SSSR count). The Morgan fingerprint density at radius 2 is 1.92 bits per heavy atom. The summed E-state index contributed by atoms with van der Waals surface area (Å²) in [4.78, 5) is 20.7. The van der Waals surface area contributed by atoms with Crippen LogP contribution in [-0.4, -0.2) is 30.2 Å². The average Bonchev–Trinajstić information content (AvgIpc) is 2.08. The standard InChI is InChI=1S/C4H4O6S.Li/c5-3-1-2(4(6)10-3)11(7,8)9;/h2H,1H2,(H,7,8,9);/q;+1/p-1. The molecule has 0 aromatic rings. The monoisotopic (exact) mass is 186 g/mol. The molecule has 12 heavy (non-hydrogen) atoms. The van der Waals surface area contributed by atoms with Crippen LogP contribution in [0.3, 0.4) is 0 Å². The first-order valence-electron chi connectivity index (χ1n) is 2.60. The van der Waals surface area contributed by atoms with Gasteiger partial charge in [0, 0.05) is 0 Å². The fourth-order valence-corrected chi connectivity index (χ4v) is 1.30. The maximum absolute atomic E-state index is 10.4. The van der Waals surface area contributed by atoms with Crippen molar-refractivity contribution in [3.63, 3.8) is 0 Å². The summed E-state index contributed by atoms with van der Waals surface area (Å²) in [5.74, 6) is -2.25. The summed E-state index contributed by atoms with van der Waals surface area (Å²) in [5, 5.41) is -1.84. The average molecular weight is 186 g/mol. The quantitative estimate of drug-likeness (QED) is 0.177. The van der Waals surface area contributed by atoms with Gasteiger partial charge >= 0.3 is 30.8 Å². The van der Waals surface area contributed by atoms with Crippen molar-refractivity contribution in [2.75, 3.05) is 0 Å². The molecule has 1 unspecified atom stereocenters. The number of carbonyl (C=O) groups excluding carboxylic acids is 2. The second kappa shape index (κ2) is 3.58. The Morgan fingerprint density at radius 3 is 2.08 bits per heavy atom. The van der Waals surface area contributed by atoms with Crippen LogP contribution in [0.5, 0.6) is 0 Å². The second-order valence-electron chi connectivity index (χ2n) is 1.98. The van der Waals surface area contributed by atoms with Crippen LogP contribution in [0.1, 0.15) is 6.42 Å². The summed E-state index contributed by atoms with van der Waals surface area (Å²) in [6.45, 7) is 0. The molecule has 1 heterocycles. The fourth-order valence-electron chi connectivity index (χ4n) is 0.674. The molecule has 1 atom stereocenters. The van der Waals surface area contributed by atoms with Crippen LogP contribution in [0.2, 0.25) is 0 Å². The first-order chi connectivity index (χ1) is 4.91. The van der Waals surface area contributed by atoms with Crippen molar-refractivity contribution in [3.05, 3.63) is 0 Å². The molecule has 0 radical (unpaired) electrons. The van der Waals surface area contributed by atoms with Crippen molar-refractivity contribution in [2.45, 2.75) is 11.7 Å². The molecule has 0 spiro atoms. The molecule has 0 aromatic heterocycles. The Hall–Kier alpha value is -0.353. The first kappa shape index (κ1) is 11.6. The Bertz CT molecular complexity index is 306. The van der Waals surface area contributed by atoms with Gasteiger partial charge in [-0.2, -0.15) is 0 Å². The summed E-state index contributed by atoms with van der Waals surface area (Å²) >= 11 is 0. The van der Waals surface area contributed by atoms with Gasteiger partial charge in [-0.15, -0.1) is 0 Å². The van der Waals surface area contributed by atoms with Crippen molar-refractivity contribution in [1.82, 2.24) is 0 Å². The minimum atomic E-state index is -4.73. The fraction of sp³-hybridized carbons (Fsp3) is 0.500. The predicted octanol–water partition coefficient (Wildman–Crippen LogP) is -4.62. The number of hydrogen-bond acceptors (Lipinski definition) is 6. The maximum Gasteiger partial charge on any atom is 1.00 e. The van der Waals surface area contributed by atoms with Gasteiger partial charge in [0.1, 0.15) is 10.1 Å². The van der Waals surface area contributed by atoms with Crippen LogP contribution >= 0.6 is 0 Å². The second-order valence-corrected chi connectivity index (χ2v) is 3.53. The normalized spacial score (nSPS) is 23.2. The molecule has 0 saturated carbocycles. The van der Waals surface area contributed by atoms with E-state index < -0.39 is 33.7 Å². The van der Waals surface area contributed by atoms with E-state index in [0.717, 1.165) is 0 Å². The van der Waals surface area contributed by atoms with Crippen LogP contribution in [0, 0.1) is 0 Å². The minimum absolute atomic E-state index is 0. The molecule has 0 N–H and O–H groups in total. The van der Waals surface area contributed by atoms with E-state index in [9.17, 15) is 22.6 Å². The van der Waals surface area contributed by atoms with Gasteiger partial charge in [0.15, 0.2) is 5.25 Å². The topological polar surface area (TPSA) is 101 Å². The smallest absolute Gasteiger partial charge is 0.747 e. The van der Waals surface area contributed by atoms with Crippen molar-refractivity contribution in [3.8, 4) is 0 Å². The van der Waals surface area contributed by atoms with E-state index in [0.29, 0.717) is 0 Å². The van der Waals surface area contributed by atoms with Gasteiger partial charge in [-0.1, -0.05) is 0 Å². The molecule has 6 nitrogen and oxygen atoms in total. The summed E-state index contributed by atoms with van der Waals surface area (Å²) in [6, 6.07) is 0. The van der Waals surface area contributed by atoms with Crippen LogP contribution in [0.15, 0.2) is 0 Å². The number of ether oxygens (including phenoxy) is 1.